The van der Waals surface area contributed by atoms with Crippen LogP contribution in [0.4, 0.5) is 0 Å². The summed E-state index contributed by atoms with van der Waals surface area (Å²) in [5, 5.41) is 7.50. The summed E-state index contributed by atoms with van der Waals surface area (Å²) >= 11 is 0. The zero-order chi connectivity index (χ0) is 12.3. The monoisotopic (exact) mass is 237 g/mol. The summed E-state index contributed by atoms with van der Waals surface area (Å²) in [6, 6.07) is 0. The van der Waals surface area contributed by atoms with Crippen molar-refractivity contribution in [3.63, 3.8) is 0 Å². The molecule has 1 aliphatic heterocycles. The second kappa shape index (κ2) is 5.17. The molecule has 2 rings (SSSR count). The molecule has 4 heteroatoms. The second-order valence-corrected chi connectivity index (χ2v) is 5.79. The smallest absolute Gasteiger partial charge is 0.233 e. The number of nitrogens with one attached hydrogen (secondary N) is 1. The SMILES string of the molecule is CC(C)CCc1noc(C2(C)CCCNC2)n1. The molecule has 0 spiro atoms. The fourth-order valence-corrected chi connectivity index (χ4v) is 2.26. The Hall–Kier alpha value is -0.900. The van der Waals surface area contributed by atoms with E-state index >= 15 is 0 Å². The van der Waals surface area contributed by atoms with E-state index in [0.717, 1.165) is 44.1 Å². The average Bonchev–Trinajstić information content (AvgIpc) is 2.76. The fourth-order valence-electron chi connectivity index (χ4n) is 2.26. The molecule has 1 atom stereocenters. The Bertz CT molecular complexity index is 353. The lowest BCUT2D eigenvalue weighted by Gasteiger charge is -2.30. The first kappa shape index (κ1) is 12.6. The summed E-state index contributed by atoms with van der Waals surface area (Å²) in [7, 11) is 0. The van der Waals surface area contributed by atoms with Crippen molar-refractivity contribution < 1.29 is 4.52 Å². The van der Waals surface area contributed by atoms with Crippen LogP contribution >= 0.6 is 0 Å². The maximum atomic E-state index is 5.44. The Morgan fingerprint density at radius 3 is 2.94 bits per heavy atom. The minimum absolute atomic E-state index is 0.0291. The van der Waals surface area contributed by atoms with Gasteiger partial charge in [0.25, 0.3) is 0 Å². The van der Waals surface area contributed by atoms with E-state index in [-0.39, 0.29) is 5.41 Å². The first-order valence-electron chi connectivity index (χ1n) is 6.64. The van der Waals surface area contributed by atoms with Crippen LogP contribution in [0.1, 0.15) is 51.7 Å². The third kappa shape index (κ3) is 3.06. The standard InChI is InChI=1S/C13H23N3O/c1-10(2)5-6-11-15-12(17-16-11)13(3)7-4-8-14-9-13/h10,14H,4-9H2,1-3H3. The quantitative estimate of drug-likeness (QED) is 0.873. The van der Waals surface area contributed by atoms with Gasteiger partial charge in [0, 0.05) is 13.0 Å². The lowest BCUT2D eigenvalue weighted by atomic mass is 9.83. The average molecular weight is 237 g/mol. The summed E-state index contributed by atoms with van der Waals surface area (Å²) in [5.74, 6) is 2.35. The highest BCUT2D eigenvalue weighted by Gasteiger charge is 2.34. The molecule has 0 aliphatic carbocycles. The van der Waals surface area contributed by atoms with Crippen LogP contribution in [0.25, 0.3) is 0 Å². The molecule has 0 amide bonds. The van der Waals surface area contributed by atoms with Crippen molar-refractivity contribution in [2.75, 3.05) is 13.1 Å². The Balaban J connectivity index is 2.01. The zero-order valence-corrected chi connectivity index (χ0v) is 11.1. The summed E-state index contributed by atoms with van der Waals surface area (Å²) in [6.07, 6.45) is 4.35. The summed E-state index contributed by atoms with van der Waals surface area (Å²) in [5.41, 5.74) is 0.0291. The molecule has 0 radical (unpaired) electrons. The Labute approximate surface area is 103 Å². The van der Waals surface area contributed by atoms with Crippen molar-refractivity contribution in [1.29, 1.82) is 0 Å². The topological polar surface area (TPSA) is 51.0 Å². The van der Waals surface area contributed by atoms with Crippen LogP contribution in [0, 0.1) is 5.92 Å². The molecule has 1 fully saturated rings. The van der Waals surface area contributed by atoms with Crippen LogP contribution in [0.3, 0.4) is 0 Å². The lowest BCUT2D eigenvalue weighted by Crippen LogP contribution is -2.41. The minimum atomic E-state index is 0.0291. The van der Waals surface area contributed by atoms with E-state index in [0.29, 0.717) is 5.92 Å². The molecule has 1 aliphatic rings. The van der Waals surface area contributed by atoms with Crippen molar-refractivity contribution in [3.05, 3.63) is 11.7 Å². The Morgan fingerprint density at radius 1 is 1.47 bits per heavy atom. The zero-order valence-electron chi connectivity index (χ0n) is 11.1. The first-order valence-corrected chi connectivity index (χ1v) is 6.64. The number of nitrogens with zero attached hydrogens (tertiary/aromatic N) is 2. The van der Waals surface area contributed by atoms with E-state index in [1.165, 1.54) is 6.42 Å². The molecule has 1 aromatic heterocycles. The van der Waals surface area contributed by atoms with Gasteiger partial charge in [0.05, 0.1) is 5.41 Å². The molecule has 0 aromatic carbocycles. The maximum Gasteiger partial charge on any atom is 0.233 e. The number of hydrogen-bond acceptors (Lipinski definition) is 4. The number of hydrogen-bond donors (Lipinski definition) is 1. The molecule has 1 unspecified atom stereocenters. The van der Waals surface area contributed by atoms with Gasteiger partial charge in [-0.3, -0.25) is 0 Å². The molecule has 0 bridgehead atoms. The maximum absolute atomic E-state index is 5.44. The van der Waals surface area contributed by atoms with Gasteiger partial charge in [-0.15, -0.1) is 0 Å². The van der Waals surface area contributed by atoms with Crippen molar-refractivity contribution in [3.8, 4) is 0 Å². The van der Waals surface area contributed by atoms with E-state index in [2.05, 4.69) is 36.2 Å². The summed E-state index contributed by atoms with van der Waals surface area (Å²) in [6.45, 7) is 8.68. The lowest BCUT2D eigenvalue weighted by molar-refractivity contribution is 0.244. The third-order valence-corrected chi connectivity index (χ3v) is 3.53. The molecule has 17 heavy (non-hydrogen) atoms. The third-order valence-electron chi connectivity index (χ3n) is 3.53. The van der Waals surface area contributed by atoms with Gasteiger partial charge >= 0.3 is 0 Å². The van der Waals surface area contributed by atoms with Crippen molar-refractivity contribution in [2.24, 2.45) is 5.92 Å². The van der Waals surface area contributed by atoms with Gasteiger partial charge < -0.3 is 9.84 Å². The van der Waals surface area contributed by atoms with Crippen LogP contribution < -0.4 is 5.32 Å². The molecule has 1 aromatic rings. The molecular weight excluding hydrogens is 214 g/mol. The summed E-state index contributed by atoms with van der Waals surface area (Å²) < 4.78 is 5.44. The number of aromatic nitrogens is 2. The van der Waals surface area contributed by atoms with E-state index in [1.54, 1.807) is 0 Å². The highest BCUT2D eigenvalue weighted by molar-refractivity contribution is 5.06. The predicted octanol–water partition coefficient (Wildman–Crippen LogP) is 2.30. The normalized spacial score (nSPS) is 25.4. The fraction of sp³-hybridized carbons (Fsp3) is 0.846. The number of piperidine rings is 1. The van der Waals surface area contributed by atoms with Gasteiger partial charge in [0.2, 0.25) is 5.89 Å². The predicted molar refractivity (Wildman–Crippen MR) is 66.9 cm³/mol. The van der Waals surface area contributed by atoms with E-state index in [4.69, 9.17) is 4.52 Å². The van der Waals surface area contributed by atoms with Gasteiger partial charge in [-0.1, -0.05) is 19.0 Å². The number of rotatable bonds is 4. The van der Waals surface area contributed by atoms with Crippen molar-refractivity contribution >= 4 is 0 Å². The van der Waals surface area contributed by atoms with Gasteiger partial charge in [0.15, 0.2) is 5.82 Å². The van der Waals surface area contributed by atoms with Gasteiger partial charge in [-0.25, -0.2) is 0 Å². The van der Waals surface area contributed by atoms with Crippen LogP contribution in [0.15, 0.2) is 4.52 Å². The van der Waals surface area contributed by atoms with Crippen molar-refractivity contribution in [1.82, 2.24) is 15.5 Å². The van der Waals surface area contributed by atoms with E-state index in [1.807, 2.05) is 0 Å². The van der Waals surface area contributed by atoms with Gasteiger partial charge in [-0.2, -0.15) is 4.98 Å². The van der Waals surface area contributed by atoms with Crippen LogP contribution in [0.2, 0.25) is 0 Å². The first-order chi connectivity index (χ1) is 8.10. The van der Waals surface area contributed by atoms with E-state index in [9.17, 15) is 0 Å². The molecule has 1 N–H and O–H groups in total. The number of aryl methyl sites for hydroxylation is 1. The Kier molecular flexibility index (Phi) is 3.82. The second-order valence-electron chi connectivity index (χ2n) is 5.79. The molecule has 1 saturated heterocycles. The molecular formula is C13H23N3O. The Morgan fingerprint density at radius 2 is 2.29 bits per heavy atom. The van der Waals surface area contributed by atoms with Crippen LogP contribution in [-0.2, 0) is 11.8 Å². The van der Waals surface area contributed by atoms with Gasteiger partial charge in [0.1, 0.15) is 0 Å². The molecule has 4 nitrogen and oxygen atoms in total. The van der Waals surface area contributed by atoms with Gasteiger partial charge in [-0.05, 0) is 38.6 Å². The van der Waals surface area contributed by atoms with Crippen molar-refractivity contribution in [2.45, 2.75) is 51.9 Å². The van der Waals surface area contributed by atoms with Crippen LogP contribution in [0.5, 0.6) is 0 Å². The highest BCUT2D eigenvalue weighted by Crippen LogP contribution is 2.29. The molecule has 0 saturated carbocycles. The largest absolute Gasteiger partial charge is 0.339 e. The molecule has 2 heterocycles. The minimum Gasteiger partial charge on any atom is -0.339 e. The highest BCUT2D eigenvalue weighted by atomic mass is 16.5. The summed E-state index contributed by atoms with van der Waals surface area (Å²) in [4.78, 5) is 4.56. The van der Waals surface area contributed by atoms with Crippen LogP contribution in [-0.4, -0.2) is 23.2 Å². The molecule has 96 valence electrons. The van der Waals surface area contributed by atoms with E-state index < -0.39 is 0 Å².